The van der Waals surface area contributed by atoms with Gasteiger partial charge < -0.3 is 4.42 Å². The molecule has 0 saturated heterocycles. The minimum Gasteiger partial charge on any atom is -0.455 e. The zero-order chi connectivity index (χ0) is 30.3. The lowest BCUT2D eigenvalue weighted by Crippen LogP contribution is -2.10. The van der Waals surface area contributed by atoms with Crippen LogP contribution in [-0.2, 0) is 5.41 Å². The van der Waals surface area contributed by atoms with E-state index in [1.165, 1.54) is 44.2 Å². The first kappa shape index (κ1) is 27.7. The number of rotatable bonds is 5. The molecule has 0 N–H and O–H groups in total. The molecular formula is C43H36O. The van der Waals surface area contributed by atoms with Gasteiger partial charge in [0.05, 0.1) is 0 Å². The minimum absolute atomic E-state index is 0.118. The van der Waals surface area contributed by atoms with Crippen molar-refractivity contribution in [2.75, 3.05) is 0 Å². The lowest BCUT2D eigenvalue weighted by molar-refractivity contribution is 0.590. The van der Waals surface area contributed by atoms with E-state index in [0.717, 1.165) is 33.1 Å². The quantitative estimate of drug-likeness (QED) is 0.188. The molecule has 7 aromatic rings. The van der Waals surface area contributed by atoms with E-state index in [1.54, 1.807) is 0 Å². The highest BCUT2D eigenvalue weighted by Crippen LogP contribution is 2.41. The zero-order valence-electron chi connectivity index (χ0n) is 25.8. The third kappa shape index (κ3) is 4.95. The van der Waals surface area contributed by atoms with Gasteiger partial charge in [0.2, 0.25) is 0 Å². The minimum atomic E-state index is 0.118. The summed E-state index contributed by atoms with van der Waals surface area (Å²) >= 11 is 0. The van der Waals surface area contributed by atoms with Crippen molar-refractivity contribution in [1.82, 2.24) is 0 Å². The van der Waals surface area contributed by atoms with Crippen molar-refractivity contribution in [3.05, 3.63) is 151 Å². The SMILES string of the molecule is C/C=C\C=C/c1cc(-c2ccc(C(C)(C)C)cc2)c2ccccc2c1-c1ccc(-c2cccc3c2oc2ccccc23)cc1. The molecule has 0 saturated carbocycles. The number of hydrogen-bond acceptors (Lipinski definition) is 1. The van der Waals surface area contributed by atoms with Crippen LogP contribution in [0, 0.1) is 0 Å². The van der Waals surface area contributed by atoms with Gasteiger partial charge >= 0.3 is 0 Å². The molecule has 0 atom stereocenters. The van der Waals surface area contributed by atoms with E-state index in [9.17, 15) is 0 Å². The van der Waals surface area contributed by atoms with Crippen molar-refractivity contribution in [1.29, 1.82) is 0 Å². The van der Waals surface area contributed by atoms with Crippen LogP contribution in [0.4, 0.5) is 0 Å². The maximum atomic E-state index is 6.35. The van der Waals surface area contributed by atoms with Crippen LogP contribution in [0.2, 0.25) is 0 Å². The van der Waals surface area contributed by atoms with Crippen LogP contribution in [0.3, 0.4) is 0 Å². The lowest BCUT2D eigenvalue weighted by Gasteiger charge is -2.20. The standard InChI is InChI=1S/C43H36O/c1-5-6-7-13-32-28-39(30-24-26-33(27-25-30)43(2,3)4)35-14-8-9-16-37(35)41(32)31-22-20-29(21-23-31)34-17-12-18-38-36-15-10-11-19-40(36)44-42(34)38/h5-28H,1-4H3/b6-5-,13-7-. The molecule has 1 aromatic heterocycles. The average molecular weight is 569 g/mol. The molecule has 1 heteroatoms. The van der Waals surface area contributed by atoms with E-state index >= 15 is 0 Å². The van der Waals surface area contributed by atoms with Gasteiger partial charge in [0.1, 0.15) is 11.2 Å². The monoisotopic (exact) mass is 568 g/mol. The van der Waals surface area contributed by atoms with E-state index in [2.05, 4.69) is 161 Å². The molecular weight excluding hydrogens is 532 g/mol. The summed E-state index contributed by atoms with van der Waals surface area (Å²) in [6.45, 7) is 8.84. The highest BCUT2D eigenvalue weighted by atomic mass is 16.3. The van der Waals surface area contributed by atoms with Gasteiger partial charge in [-0.25, -0.2) is 0 Å². The third-order valence-electron chi connectivity index (χ3n) is 8.61. The van der Waals surface area contributed by atoms with Crippen molar-refractivity contribution >= 4 is 38.8 Å². The Balaban J connectivity index is 1.38. The van der Waals surface area contributed by atoms with Gasteiger partial charge in [-0.2, -0.15) is 0 Å². The van der Waals surface area contributed by atoms with Crippen molar-refractivity contribution < 1.29 is 4.42 Å². The number of benzene rings is 6. The predicted octanol–water partition coefficient (Wildman–Crippen LogP) is 12.6. The van der Waals surface area contributed by atoms with Crippen LogP contribution in [0.1, 0.15) is 38.8 Å². The Kier molecular flexibility index (Phi) is 7.03. The molecule has 7 rings (SSSR count). The Morgan fingerprint density at radius 2 is 1.16 bits per heavy atom. The molecule has 0 bridgehead atoms. The van der Waals surface area contributed by atoms with Crippen LogP contribution in [0.5, 0.6) is 0 Å². The van der Waals surface area contributed by atoms with Crippen LogP contribution >= 0.6 is 0 Å². The summed E-state index contributed by atoms with van der Waals surface area (Å²) in [7, 11) is 0. The number of allylic oxidation sites excluding steroid dienone is 3. The summed E-state index contributed by atoms with van der Waals surface area (Å²) in [5.41, 5.74) is 11.7. The molecule has 0 radical (unpaired) electrons. The highest BCUT2D eigenvalue weighted by molar-refractivity contribution is 6.10. The number of furan rings is 1. The first-order valence-corrected chi connectivity index (χ1v) is 15.4. The van der Waals surface area contributed by atoms with Crippen molar-refractivity contribution in [3.63, 3.8) is 0 Å². The second kappa shape index (κ2) is 11.2. The Morgan fingerprint density at radius 3 is 1.89 bits per heavy atom. The van der Waals surface area contributed by atoms with Crippen LogP contribution < -0.4 is 0 Å². The Labute approximate surface area is 259 Å². The summed E-state index contributed by atoms with van der Waals surface area (Å²) < 4.78 is 6.35. The van der Waals surface area contributed by atoms with Crippen LogP contribution in [-0.4, -0.2) is 0 Å². The fourth-order valence-corrected chi connectivity index (χ4v) is 6.30. The Morgan fingerprint density at radius 1 is 0.545 bits per heavy atom. The van der Waals surface area contributed by atoms with Crippen molar-refractivity contribution in [3.8, 4) is 33.4 Å². The highest BCUT2D eigenvalue weighted by Gasteiger charge is 2.17. The predicted molar refractivity (Wildman–Crippen MR) is 190 cm³/mol. The maximum absolute atomic E-state index is 6.35. The molecule has 214 valence electrons. The molecule has 0 amide bonds. The normalized spacial score (nSPS) is 12.4. The van der Waals surface area contributed by atoms with Gasteiger partial charge in [-0.05, 0) is 74.2 Å². The van der Waals surface area contributed by atoms with Crippen LogP contribution in [0.25, 0.3) is 72.2 Å². The van der Waals surface area contributed by atoms with Gasteiger partial charge in [0.25, 0.3) is 0 Å². The topological polar surface area (TPSA) is 13.1 Å². The average Bonchev–Trinajstić information content (AvgIpc) is 3.43. The Bertz CT molecular complexity index is 2180. The number of fused-ring (bicyclic) bond motifs is 4. The largest absolute Gasteiger partial charge is 0.455 e. The molecule has 0 fully saturated rings. The summed E-state index contributed by atoms with van der Waals surface area (Å²) in [5.74, 6) is 0. The van der Waals surface area contributed by atoms with Gasteiger partial charge in [-0.15, -0.1) is 0 Å². The maximum Gasteiger partial charge on any atom is 0.143 e. The molecule has 1 nitrogen and oxygen atoms in total. The van der Waals surface area contributed by atoms with Gasteiger partial charge in [0, 0.05) is 16.3 Å². The second-order valence-electron chi connectivity index (χ2n) is 12.5. The first-order chi connectivity index (χ1) is 21.4. The molecule has 0 aliphatic heterocycles. The molecule has 6 aromatic carbocycles. The molecule has 44 heavy (non-hydrogen) atoms. The summed E-state index contributed by atoms with van der Waals surface area (Å²) in [6.07, 6.45) is 8.53. The van der Waals surface area contributed by atoms with E-state index in [-0.39, 0.29) is 5.41 Å². The number of para-hydroxylation sites is 2. The third-order valence-corrected chi connectivity index (χ3v) is 8.61. The summed E-state index contributed by atoms with van der Waals surface area (Å²) in [5, 5.41) is 4.80. The van der Waals surface area contributed by atoms with E-state index in [1.807, 2.05) is 12.1 Å². The van der Waals surface area contributed by atoms with Crippen molar-refractivity contribution in [2.24, 2.45) is 0 Å². The fraction of sp³-hybridized carbons (Fsp3) is 0.116. The molecule has 0 spiro atoms. The fourth-order valence-electron chi connectivity index (χ4n) is 6.30. The Hall–Kier alpha value is -5.14. The smallest absolute Gasteiger partial charge is 0.143 e. The summed E-state index contributed by atoms with van der Waals surface area (Å²) in [6, 6.07) is 43.9. The summed E-state index contributed by atoms with van der Waals surface area (Å²) in [4.78, 5) is 0. The zero-order valence-corrected chi connectivity index (χ0v) is 25.8. The molecule has 0 aliphatic rings. The van der Waals surface area contributed by atoms with E-state index in [4.69, 9.17) is 4.42 Å². The van der Waals surface area contributed by atoms with Gasteiger partial charge in [0.15, 0.2) is 0 Å². The van der Waals surface area contributed by atoms with Crippen molar-refractivity contribution in [2.45, 2.75) is 33.1 Å². The first-order valence-electron chi connectivity index (χ1n) is 15.4. The molecule has 0 unspecified atom stereocenters. The lowest BCUT2D eigenvalue weighted by atomic mass is 9.84. The van der Waals surface area contributed by atoms with Gasteiger partial charge in [-0.1, -0.05) is 154 Å². The van der Waals surface area contributed by atoms with E-state index < -0.39 is 0 Å². The van der Waals surface area contributed by atoms with Gasteiger partial charge in [-0.3, -0.25) is 0 Å². The second-order valence-corrected chi connectivity index (χ2v) is 12.5. The molecule has 1 heterocycles. The molecule has 0 aliphatic carbocycles. The van der Waals surface area contributed by atoms with Crippen LogP contribution in [0.15, 0.2) is 144 Å². The number of hydrogen-bond donors (Lipinski definition) is 0. The van der Waals surface area contributed by atoms with E-state index in [0.29, 0.717) is 0 Å².